The van der Waals surface area contributed by atoms with Gasteiger partial charge in [-0.15, -0.1) is 0 Å². The van der Waals surface area contributed by atoms with Crippen LogP contribution in [0.1, 0.15) is 16.7 Å². The standard InChI is InChI=1S/C16H18O2Si/c1-17-19(18-2,14-8-4-5-9-14)16-12-11-13-7-3-6-10-15(13)16/h3-12,14,16H,1-2H3. The van der Waals surface area contributed by atoms with Crippen LogP contribution in [0.4, 0.5) is 0 Å². The molecule has 0 saturated carbocycles. The summed E-state index contributed by atoms with van der Waals surface area (Å²) in [6, 6.07) is 8.49. The van der Waals surface area contributed by atoms with Gasteiger partial charge in [-0.05, 0) is 11.1 Å². The van der Waals surface area contributed by atoms with Gasteiger partial charge in [0.2, 0.25) is 0 Å². The fourth-order valence-corrected chi connectivity index (χ4v) is 6.57. The summed E-state index contributed by atoms with van der Waals surface area (Å²) in [6.45, 7) is 0. The third-order valence-electron chi connectivity index (χ3n) is 4.08. The van der Waals surface area contributed by atoms with Gasteiger partial charge in [0.25, 0.3) is 0 Å². The highest BCUT2D eigenvalue weighted by atomic mass is 28.4. The molecule has 1 unspecified atom stereocenters. The Labute approximate surface area is 115 Å². The average Bonchev–Trinajstić information content (AvgIpc) is 3.11. The molecule has 0 N–H and O–H groups in total. The largest absolute Gasteiger partial charge is 0.397 e. The van der Waals surface area contributed by atoms with E-state index in [0.29, 0.717) is 0 Å². The van der Waals surface area contributed by atoms with Crippen LogP contribution in [-0.2, 0) is 8.85 Å². The van der Waals surface area contributed by atoms with Gasteiger partial charge in [0.15, 0.2) is 0 Å². The quantitative estimate of drug-likeness (QED) is 0.779. The zero-order valence-electron chi connectivity index (χ0n) is 11.2. The van der Waals surface area contributed by atoms with E-state index >= 15 is 0 Å². The topological polar surface area (TPSA) is 18.5 Å². The van der Waals surface area contributed by atoms with Crippen molar-refractivity contribution in [3.8, 4) is 0 Å². The van der Waals surface area contributed by atoms with Crippen molar-refractivity contribution >= 4 is 14.6 Å². The molecular weight excluding hydrogens is 252 g/mol. The van der Waals surface area contributed by atoms with E-state index in [0.717, 1.165) is 0 Å². The van der Waals surface area contributed by atoms with Crippen LogP contribution in [0.3, 0.4) is 0 Å². The number of rotatable bonds is 4. The molecule has 0 amide bonds. The van der Waals surface area contributed by atoms with Crippen LogP contribution >= 0.6 is 0 Å². The molecule has 2 aliphatic carbocycles. The number of fused-ring (bicyclic) bond motifs is 1. The maximum atomic E-state index is 5.97. The second-order valence-electron chi connectivity index (χ2n) is 4.89. The molecule has 19 heavy (non-hydrogen) atoms. The van der Waals surface area contributed by atoms with Gasteiger partial charge >= 0.3 is 8.56 Å². The van der Waals surface area contributed by atoms with Gasteiger partial charge < -0.3 is 8.85 Å². The molecule has 0 radical (unpaired) electrons. The summed E-state index contributed by atoms with van der Waals surface area (Å²) in [7, 11) is 1.18. The summed E-state index contributed by atoms with van der Waals surface area (Å²) >= 11 is 0. The van der Waals surface area contributed by atoms with Crippen LogP contribution in [0.5, 0.6) is 0 Å². The number of hydrogen-bond acceptors (Lipinski definition) is 2. The monoisotopic (exact) mass is 270 g/mol. The second-order valence-corrected chi connectivity index (χ2v) is 8.44. The van der Waals surface area contributed by atoms with Gasteiger partial charge in [0.05, 0.1) is 0 Å². The van der Waals surface area contributed by atoms with E-state index in [1.54, 1.807) is 14.2 Å². The minimum atomic E-state index is -2.39. The number of hydrogen-bond donors (Lipinski definition) is 0. The first-order valence-corrected chi connectivity index (χ1v) is 8.51. The van der Waals surface area contributed by atoms with E-state index in [4.69, 9.17) is 8.85 Å². The smallest absolute Gasteiger partial charge is 0.360 e. The molecule has 0 spiro atoms. The Morgan fingerprint density at radius 1 is 0.947 bits per heavy atom. The van der Waals surface area contributed by atoms with Crippen molar-refractivity contribution in [3.05, 3.63) is 65.8 Å². The van der Waals surface area contributed by atoms with E-state index in [-0.39, 0.29) is 11.1 Å². The molecule has 0 aliphatic heterocycles. The molecule has 2 aliphatic rings. The Morgan fingerprint density at radius 3 is 2.32 bits per heavy atom. The summed E-state index contributed by atoms with van der Waals surface area (Å²) < 4.78 is 11.9. The Bertz CT molecular complexity index is 544. The predicted octanol–water partition coefficient (Wildman–Crippen LogP) is 3.57. The van der Waals surface area contributed by atoms with E-state index in [2.05, 4.69) is 60.7 Å². The Hall–Kier alpha value is -1.42. The van der Waals surface area contributed by atoms with Crippen molar-refractivity contribution < 1.29 is 8.85 Å². The summed E-state index contributed by atoms with van der Waals surface area (Å²) in [6.07, 6.45) is 13.0. The summed E-state index contributed by atoms with van der Waals surface area (Å²) in [4.78, 5) is 0. The fraction of sp³-hybridized carbons (Fsp3) is 0.250. The van der Waals surface area contributed by atoms with Crippen molar-refractivity contribution in [1.82, 2.24) is 0 Å². The lowest BCUT2D eigenvalue weighted by Gasteiger charge is -2.36. The first-order chi connectivity index (χ1) is 9.31. The van der Waals surface area contributed by atoms with Crippen molar-refractivity contribution in [2.24, 2.45) is 0 Å². The zero-order chi connectivity index (χ0) is 13.3. The van der Waals surface area contributed by atoms with Crippen molar-refractivity contribution in [1.29, 1.82) is 0 Å². The third-order valence-corrected chi connectivity index (χ3v) is 8.04. The molecule has 1 aromatic rings. The van der Waals surface area contributed by atoms with Gasteiger partial charge in [-0.2, -0.15) is 0 Å². The molecule has 0 bridgehead atoms. The number of allylic oxidation sites excluding steroid dienone is 5. The first-order valence-electron chi connectivity index (χ1n) is 6.54. The van der Waals surface area contributed by atoms with Gasteiger partial charge in [0.1, 0.15) is 0 Å². The van der Waals surface area contributed by atoms with Crippen LogP contribution in [0.2, 0.25) is 5.54 Å². The van der Waals surface area contributed by atoms with E-state index in [1.807, 2.05) is 0 Å². The molecule has 1 aromatic carbocycles. The summed E-state index contributed by atoms with van der Waals surface area (Å²) in [5.74, 6) is 0. The molecule has 0 aromatic heterocycles. The molecule has 3 rings (SSSR count). The minimum Gasteiger partial charge on any atom is -0.397 e. The van der Waals surface area contributed by atoms with E-state index in [9.17, 15) is 0 Å². The predicted molar refractivity (Wildman–Crippen MR) is 80.0 cm³/mol. The lowest BCUT2D eigenvalue weighted by Crippen LogP contribution is -2.49. The molecule has 0 heterocycles. The van der Waals surface area contributed by atoms with Crippen LogP contribution in [-0.4, -0.2) is 22.8 Å². The van der Waals surface area contributed by atoms with Crippen LogP contribution in [0.15, 0.2) is 54.6 Å². The molecule has 0 saturated heterocycles. The molecule has 3 heteroatoms. The SMILES string of the molecule is CO[Si](OC)(C1C=CC=C1)C1C=Cc2ccccc21. The molecule has 98 valence electrons. The average molecular weight is 270 g/mol. The summed E-state index contributed by atoms with van der Waals surface area (Å²) in [5.41, 5.74) is 3.12. The maximum absolute atomic E-state index is 5.97. The van der Waals surface area contributed by atoms with Crippen molar-refractivity contribution in [3.63, 3.8) is 0 Å². The van der Waals surface area contributed by atoms with Crippen LogP contribution in [0.25, 0.3) is 6.08 Å². The molecule has 0 fully saturated rings. The van der Waals surface area contributed by atoms with Gasteiger partial charge in [-0.1, -0.05) is 60.7 Å². The normalized spacial score (nSPS) is 21.3. The van der Waals surface area contributed by atoms with Crippen LogP contribution < -0.4 is 0 Å². The Balaban J connectivity index is 2.05. The lowest BCUT2D eigenvalue weighted by molar-refractivity contribution is 0.233. The third kappa shape index (κ3) is 1.85. The molecular formula is C16H18O2Si. The van der Waals surface area contributed by atoms with Crippen LogP contribution in [0, 0.1) is 0 Å². The summed E-state index contributed by atoms with van der Waals surface area (Å²) in [5, 5.41) is 0. The van der Waals surface area contributed by atoms with E-state index in [1.165, 1.54) is 11.1 Å². The fourth-order valence-electron chi connectivity index (χ4n) is 3.12. The van der Waals surface area contributed by atoms with Crippen molar-refractivity contribution in [2.75, 3.05) is 14.2 Å². The van der Waals surface area contributed by atoms with Gasteiger partial charge in [-0.3, -0.25) is 0 Å². The second kappa shape index (κ2) is 4.93. The molecule has 2 nitrogen and oxygen atoms in total. The maximum Gasteiger partial charge on any atom is 0.360 e. The highest BCUT2D eigenvalue weighted by molar-refractivity contribution is 6.72. The molecule has 1 atom stereocenters. The Morgan fingerprint density at radius 2 is 1.63 bits per heavy atom. The van der Waals surface area contributed by atoms with Crippen molar-refractivity contribution in [2.45, 2.75) is 11.1 Å². The lowest BCUT2D eigenvalue weighted by atomic mass is 10.1. The highest BCUT2D eigenvalue weighted by Gasteiger charge is 2.51. The van der Waals surface area contributed by atoms with E-state index < -0.39 is 8.56 Å². The minimum absolute atomic E-state index is 0.246. The van der Waals surface area contributed by atoms with Gasteiger partial charge in [-0.25, -0.2) is 0 Å². The number of benzene rings is 1. The first kappa shape index (κ1) is 12.6. The zero-order valence-corrected chi connectivity index (χ0v) is 12.2. The highest BCUT2D eigenvalue weighted by Crippen LogP contribution is 2.44. The Kier molecular flexibility index (Phi) is 3.27. The van der Waals surface area contributed by atoms with Gasteiger partial charge in [0, 0.05) is 25.3 Å².